The topological polar surface area (TPSA) is 115 Å². The molecule has 0 aromatic carbocycles. The third kappa shape index (κ3) is 33.5. The van der Waals surface area contributed by atoms with E-state index in [1.54, 1.807) is 58.8 Å². The zero-order valence-electron chi connectivity index (χ0n) is 22.0. The van der Waals surface area contributed by atoms with Gasteiger partial charge in [-0.25, -0.2) is 0 Å². The SMILES string of the molecule is O=C(CCSCCC(=O)SCSCSCO)SCCSCC[S+]([O-])CCCSCCC(=O)SCSCSCO. The van der Waals surface area contributed by atoms with Crippen LogP contribution < -0.4 is 0 Å². The number of carbonyl (C=O) groups excluding carboxylic acids is 3. The summed E-state index contributed by atoms with van der Waals surface area (Å²) in [4.78, 5) is 35.5. The quantitative estimate of drug-likeness (QED) is 0.0534. The molecule has 1 unspecified atom stereocenters. The summed E-state index contributed by atoms with van der Waals surface area (Å²) in [5.41, 5.74) is 0. The molecule has 2 N–H and O–H groups in total. The predicted octanol–water partition coefficient (Wildman–Crippen LogP) is 5.94. The lowest BCUT2D eigenvalue weighted by molar-refractivity contribution is -0.111. The average molecular weight is 753 g/mol. The monoisotopic (exact) mass is 752 g/mol. The van der Waals surface area contributed by atoms with Gasteiger partial charge in [0.1, 0.15) is 11.5 Å². The molecule has 39 heavy (non-hydrogen) atoms. The molecule has 0 aliphatic heterocycles. The van der Waals surface area contributed by atoms with Crippen LogP contribution in [-0.4, -0.2) is 114 Å². The van der Waals surface area contributed by atoms with E-state index in [0.717, 1.165) is 67.0 Å². The molecule has 0 heterocycles. The Balaban J connectivity index is 3.41. The third-order valence-corrected chi connectivity index (χ3v) is 16.3. The minimum atomic E-state index is -0.810. The van der Waals surface area contributed by atoms with E-state index in [9.17, 15) is 18.9 Å². The maximum atomic E-state index is 12.1. The summed E-state index contributed by atoms with van der Waals surface area (Å²) in [5.74, 6) is 7.34. The van der Waals surface area contributed by atoms with Crippen molar-refractivity contribution in [1.82, 2.24) is 0 Å². The van der Waals surface area contributed by atoms with Crippen LogP contribution in [0.15, 0.2) is 0 Å². The molecule has 230 valence electrons. The molecule has 1 atom stereocenters. The fourth-order valence-electron chi connectivity index (χ4n) is 2.25. The number of aliphatic hydroxyl groups is 2. The van der Waals surface area contributed by atoms with Crippen molar-refractivity contribution in [2.75, 3.05) is 84.0 Å². The van der Waals surface area contributed by atoms with Gasteiger partial charge >= 0.3 is 0 Å². The van der Waals surface area contributed by atoms with Gasteiger partial charge in [-0.2, -0.15) is 35.3 Å². The van der Waals surface area contributed by atoms with Crippen molar-refractivity contribution in [2.45, 2.75) is 25.7 Å². The fraction of sp³-hybridized carbons (Fsp3) is 0.864. The Hall–Kier alpha value is 2.74. The summed E-state index contributed by atoms with van der Waals surface area (Å²) in [6, 6.07) is 0. The molecule has 17 heteroatoms. The standard InChI is InChI=1S/C22H40O6S11/c23-14-32-16-34-18-37-21(26)3-6-29-5-1-12-39(28)13-11-31-9-10-36-20(25)2-7-30-8-4-22(27)38-19-35-17-33-15-24/h23-24H,1-19H2. The first-order valence-corrected chi connectivity index (χ1v) is 24.6. The molecule has 0 saturated heterocycles. The molecular weight excluding hydrogens is 713 g/mol. The lowest BCUT2D eigenvalue weighted by atomic mass is 10.5. The van der Waals surface area contributed by atoms with Gasteiger partial charge in [-0.1, -0.05) is 46.5 Å². The highest BCUT2D eigenvalue weighted by Crippen LogP contribution is 2.21. The van der Waals surface area contributed by atoms with Crippen molar-refractivity contribution >= 4 is 144 Å². The lowest BCUT2D eigenvalue weighted by Crippen LogP contribution is -2.14. The van der Waals surface area contributed by atoms with Gasteiger partial charge in [0.05, 0.1) is 11.9 Å². The van der Waals surface area contributed by atoms with Gasteiger partial charge in [-0.05, 0) is 5.75 Å². The molecule has 0 aliphatic rings. The Morgan fingerprint density at radius 3 is 1.54 bits per heavy atom. The second-order valence-corrected chi connectivity index (χ2v) is 21.0. The van der Waals surface area contributed by atoms with Crippen LogP contribution in [0.1, 0.15) is 25.7 Å². The van der Waals surface area contributed by atoms with Crippen LogP contribution in [0.5, 0.6) is 0 Å². The number of hydrogen-bond acceptors (Lipinski definition) is 16. The lowest BCUT2D eigenvalue weighted by Gasteiger charge is -2.10. The molecule has 0 amide bonds. The van der Waals surface area contributed by atoms with Gasteiger partial charge < -0.3 is 14.8 Å². The Morgan fingerprint density at radius 1 is 0.513 bits per heavy atom. The van der Waals surface area contributed by atoms with Gasteiger partial charge in [0.25, 0.3) is 0 Å². The molecule has 0 aliphatic carbocycles. The first kappa shape index (κ1) is 41.7. The Morgan fingerprint density at radius 2 is 1.00 bits per heavy atom. The summed E-state index contributed by atoms with van der Waals surface area (Å²) in [6.45, 7) is 0. The van der Waals surface area contributed by atoms with E-state index in [1.165, 1.54) is 58.8 Å². The molecule has 0 rings (SSSR count). The van der Waals surface area contributed by atoms with Crippen molar-refractivity contribution < 1.29 is 29.1 Å². The molecule has 0 aromatic rings. The molecule has 0 fully saturated rings. The number of hydrogen-bond donors (Lipinski definition) is 2. The maximum absolute atomic E-state index is 12.1. The second kappa shape index (κ2) is 33.6. The number of aliphatic hydroxyl groups excluding tert-OH is 2. The summed E-state index contributed by atoms with van der Waals surface area (Å²) in [6.07, 6.45) is 2.51. The number of rotatable bonds is 29. The van der Waals surface area contributed by atoms with Crippen LogP contribution in [0.2, 0.25) is 0 Å². The van der Waals surface area contributed by atoms with Crippen molar-refractivity contribution in [2.24, 2.45) is 0 Å². The van der Waals surface area contributed by atoms with Gasteiger partial charge in [-0.15, -0.1) is 47.0 Å². The first-order valence-electron chi connectivity index (χ1n) is 12.1. The molecule has 0 spiro atoms. The van der Waals surface area contributed by atoms with Crippen LogP contribution >= 0.6 is 118 Å². The van der Waals surface area contributed by atoms with Crippen LogP contribution in [0.25, 0.3) is 0 Å². The highest BCUT2D eigenvalue weighted by Gasteiger charge is 2.09. The van der Waals surface area contributed by atoms with E-state index in [4.69, 9.17) is 10.2 Å². The summed E-state index contributed by atoms with van der Waals surface area (Å²) in [5, 5.41) is 21.0. The van der Waals surface area contributed by atoms with E-state index < -0.39 is 11.2 Å². The first-order chi connectivity index (χ1) is 19.0. The molecule has 0 aromatic heterocycles. The highest BCUT2D eigenvalue weighted by molar-refractivity contribution is 8.27. The molecule has 6 nitrogen and oxygen atoms in total. The molecule has 0 bridgehead atoms. The summed E-state index contributed by atoms with van der Waals surface area (Å²) < 4.78 is 12.1. The van der Waals surface area contributed by atoms with Gasteiger partial charge in [0.2, 0.25) is 0 Å². The summed E-state index contributed by atoms with van der Waals surface area (Å²) in [7, 11) is 0. The molecular formula is C22H40O6S11. The molecule has 0 saturated carbocycles. The summed E-state index contributed by atoms with van der Waals surface area (Å²) >= 11 is 14.5. The zero-order chi connectivity index (χ0) is 28.8. The Labute approximate surface area is 280 Å². The Kier molecular flexibility index (Phi) is 36.0. The van der Waals surface area contributed by atoms with E-state index in [2.05, 4.69) is 0 Å². The van der Waals surface area contributed by atoms with Crippen molar-refractivity contribution in [3.05, 3.63) is 0 Å². The predicted molar refractivity (Wildman–Crippen MR) is 195 cm³/mol. The van der Waals surface area contributed by atoms with Crippen LogP contribution in [0, 0.1) is 0 Å². The maximum Gasteiger partial charge on any atom is 0.190 e. The van der Waals surface area contributed by atoms with Crippen LogP contribution in [-0.2, 0) is 25.6 Å². The van der Waals surface area contributed by atoms with E-state index in [-0.39, 0.29) is 27.2 Å². The van der Waals surface area contributed by atoms with E-state index in [0.29, 0.717) is 30.8 Å². The highest BCUT2D eigenvalue weighted by atomic mass is 32.2. The zero-order valence-corrected chi connectivity index (χ0v) is 30.9. The third-order valence-electron chi connectivity index (χ3n) is 4.08. The van der Waals surface area contributed by atoms with E-state index in [1.807, 2.05) is 0 Å². The van der Waals surface area contributed by atoms with Crippen molar-refractivity contribution in [1.29, 1.82) is 0 Å². The second-order valence-electron chi connectivity index (χ2n) is 7.09. The van der Waals surface area contributed by atoms with Crippen molar-refractivity contribution in [3.8, 4) is 0 Å². The van der Waals surface area contributed by atoms with Gasteiger partial charge in [0, 0.05) is 80.5 Å². The van der Waals surface area contributed by atoms with Gasteiger partial charge in [-0.3, -0.25) is 14.4 Å². The van der Waals surface area contributed by atoms with E-state index >= 15 is 0 Å². The van der Waals surface area contributed by atoms with Crippen LogP contribution in [0.3, 0.4) is 0 Å². The van der Waals surface area contributed by atoms with Gasteiger partial charge in [0.15, 0.2) is 15.3 Å². The number of thioether (sulfide) groups is 10. The fourth-order valence-corrected chi connectivity index (χ4v) is 13.5. The average Bonchev–Trinajstić information content (AvgIpc) is 2.92. The minimum absolute atomic E-state index is 0.112. The largest absolute Gasteiger partial charge is 0.616 e. The minimum Gasteiger partial charge on any atom is -0.616 e. The van der Waals surface area contributed by atoms with Crippen molar-refractivity contribution in [3.63, 3.8) is 0 Å². The number of carbonyl (C=O) groups is 3. The smallest absolute Gasteiger partial charge is 0.190 e. The Bertz CT molecular complexity index is 607. The molecule has 0 radical (unpaired) electrons. The van der Waals surface area contributed by atoms with Crippen LogP contribution in [0.4, 0.5) is 0 Å². The normalized spacial score (nSPS) is 12.1.